The summed E-state index contributed by atoms with van der Waals surface area (Å²) in [6.07, 6.45) is 0.573. The van der Waals surface area contributed by atoms with E-state index in [1.807, 2.05) is 38.1 Å². The van der Waals surface area contributed by atoms with Crippen molar-refractivity contribution in [1.82, 2.24) is 10.6 Å². The van der Waals surface area contributed by atoms with Gasteiger partial charge in [0, 0.05) is 6.54 Å². The summed E-state index contributed by atoms with van der Waals surface area (Å²) < 4.78 is 18.5. The first-order valence-electron chi connectivity index (χ1n) is 7.51. The largest absolute Gasteiger partial charge is 0.473 e. The van der Waals surface area contributed by atoms with Crippen LogP contribution in [0.25, 0.3) is 0 Å². The van der Waals surface area contributed by atoms with Gasteiger partial charge in [-0.1, -0.05) is 29.8 Å². The van der Waals surface area contributed by atoms with Gasteiger partial charge in [0.15, 0.2) is 6.73 Å². The number of carbonyl (C=O) groups is 1. The Bertz CT molecular complexity index is 674. The molecule has 2 aromatic carbocycles. The Morgan fingerprint density at radius 2 is 1.96 bits per heavy atom. The van der Waals surface area contributed by atoms with Crippen LogP contribution >= 0.6 is 0 Å². The smallest absolute Gasteiger partial charge is 0.317 e. The summed E-state index contributed by atoms with van der Waals surface area (Å²) in [6, 6.07) is 11.9. The molecule has 5 heteroatoms. The van der Waals surface area contributed by atoms with Gasteiger partial charge in [0.05, 0.1) is 0 Å². The van der Waals surface area contributed by atoms with E-state index in [4.69, 9.17) is 4.74 Å². The molecule has 23 heavy (non-hydrogen) atoms. The topological polar surface area (TPSA) is 50.4 Å². The molecule has 2 amide bonds. The fourth-order valence-corrected chi connectivity index (χ4v) is 2.22. The van der Waals surface area contributed by atoms with E-state index >= 15 is 0 Å². The molecule has 2 N–H and O–H groups in total. The Labute approximate surface area is 135 Å². The summed E-state index contributed by atoms with van der Waals surface area (Å²) >= 11 is 0. The molecule has 4 nitrogen and oxygen atoms in total. The number of hydrogen-bond donors (Lipinski definition) is 2. The summed E-state index contributed by atoms with van der Waals surface area (Å²) in [7, 11) is 0. The van der Waals surface area contributed by atoms with E-state index in [-0.39, 0.29) is 18.6 Å². The number of urea groups is 1. The summed E-state index contributed by atoms with van der Waals surface area (Å²) in [6.45, 7) is 4.50. The van der Waals surface area contributed by atoms with Crippen LogP contribution in [0.1, 0.15) is 16.7 Å². The Morgan fingerprint density at radius 1 is 1.13 bits per heavy atom. The number of nitrogens with one attached hydrogen (secondary N) is 2. The number of aryl methyl sites for hydroxylation is 2. The number of benzene rings is 2. The highest BCUT2D eigenvalue weighted by molar-refractivity contribution is 5.73. The van der Waals surface area contributed by atoms with Gasteiger partial charge in [0.25, 0.3) is 0 Å². The lowest BCUT2D eigenvalue weighted by atomic mass is 10.1. The standard InChI is InChI=1S/C18H21FN2O2/c1-13-6-7-17(14(2)10-13)23-12-21-18(22)20-9-8-15-4-3-5-16(19)11-15/h3-7,10-11H,8-9,12H2,1-2H3,(H2,20,21,22). The Balaban J connectivity index is 1.67. The van der Waals surface area contributed by atoms with Crippen LogP contribution < -0.4 is 15.4 Å². The maximum absolute atomic E-state index is 13.0. The number of rotatable bonds is 6. The van der Waals surface area contributed by atoms with E-state index in [1.165, 1.54) is 12.1 Å². The number of hydrogen-bond acceptors (Lipinski definition) is 2. The maximum atomic E-state index is 13.0. The van der Waals surface area contributed by atoms with Crippen LogP contribution in [0.5, 0.6) is 5.75 Å². The zero-order valence-corrected chi connectivity index (χ0v) is 13.4. The summed E-state index contributed by atoms with van der Waals surface area (Å²) in [4.78, 5) is 11.7. The first-order chi connectivity index (χ1) is 11.0. The molecule has 0 bridgehead atoms. The van der Waals surface area contributed by atoms with Gasteiger partial charge in [-0.15, -0.1) is 0 Å². The van der Waals surface area contributed by atoms with E-state index in [9.17, 15) is 9.18 Å². The third-order valence-corrected chi connectivity index (χ3v) is 3.38. The molecule has 0 radical (unpaired) electrons. The van der Waals surface area contributed by atoms with Crippen LogP contribution in [-0.4, -0.2) is 19.3 Å². The highest BCUT2D eigenvalue weighted by Crippen LogP contribution is 2.18. The lowest BCUT2D eigenvalue weighted by molar-refractivity contribution is 0.224. The third kappa shape index (κ3) is 5.62. The van der Waals surface area contributed by atoms with Crippen molar-refractivity contribution >= 4 is 6.03 Å². The Morgan fingerprint density at radius 3 is 2.70 bits per heavy atom. The molecular weight excluding hydrogens is 295 g/mol. The van der Waals surface area contributed by atoms with Gasteiger partial charge in [-0.05, 0) is 49.6 Å². The predicted molar refractivity (Wildman–Crippen MR) is 88.0 cm³/mol. The van der Waals surface area contributed by atoms with Crippen LogP contribution in [0.2, 0.25) is 0 Å². The number of carbonyl (C=O) groups excluding carboxylic acids is 1. The third-order valence-electron chi connectivity index (χ3n) is 3.38. The number of amides is 2. The van der Waals surface area contributed by atoms with Crippen LogP contribution in [0.3, 0.4) is 0 Å². The molecule has 0 atom stereocenters. The molecule has 0 aliphatic carbocycles. The molecule has 0 aliphatic rings. The van der Waals surface area contributed by atoms with E-state index in [0.717, 1.165) is 22.4 Å². The van der Waals surface area contributed by atoms with Gasteiger partial charge in [-0.25, -0.2) is 9.18 Å². The van der Waals surface area contributed by atoms with Crippen molar-refractivity contribution < 1.29 is 13.9 Å². The van der Waals surface area contributed by atoms with Gasteiger partial charge in [-0.3, -0.25) is 0 Å². The van der Waals surface area contributed by atoms with Crippen molar-refractivity contribution in [3.8, 4) is 5.75 Å². The van der Waals surface area contributed by atoms with E-state index in [1.54, 1.807) is 6.07 Å². The Kier molecular flexibility index (Phi) is 5.97. The molecule has 0 saturated heterocycles. The highest BCUT2D eigenvalue weighted by Gasteiger charge is 2.02. The van der Waals surface area contributed by atoms with Crippen LogP contribution in [0, 0.1) is 19.7 Å². The molecule has 0 saturated carbocycles. The number of halogens is 1. The fraction of sp³-hybridized carbons (Fsp3) is 0.278. The van der Waals surface area contributed by atoms with Gasteiger partial charge < -0.3 is 15.4 Å². The number of ether oxygens (including phenoxy) is 1. The lowest BCUT2D eigenvalue weighted by Gasteiger charge is -2.11. The Hall–Kier alpha value is -2.56. The van der Waals surface area contributed by atoms with Crippen molar-refractivity contribution in [2.75, 3.05) is 13.3 Å². The summed E-state index contributed by atoms with van der Waals surface area (Å²) in [5.41, 5.74) is 3.04. The molecule has 0 aliphatic heterocycles. The molecule has 2 rings (SSSR count). The summed E-state index contributed by atoms with van der Waals surface area (Å²) in [5, 5.41) is 5.33. The zero-order valence-electron chi connectivity index (χ0n) is 13.4. The molecule has 0 spiro atoms. The SMILES string of the molecule is Cc1ccc(OCNC(=O)NCCc2cccc(F)c2)c(C)c1. The van der Waals surface area contributed by atoms with Gasteiger partial charge in [0.2, 0.25) is 0 Å². The van der Waals surface area contributed by atoms with E-state index in [0.29, 0.717) is 13.0 Å². The minimum atomic E-state index is -0.314. The summed E-state index contributed by atoms with van der Waals surface area (Å²) in [5.74, 6) is 0.476. The van der Waals surface area contributed by atoms with Crippen LogP contribution in [0.15, 0.2) is 42.5 Å². The molecule has 0 aromatic heterocycles. The van der Waals surface area contributed by atoms with Crippen molar-refractivity contribution in [2.45, 2.75) is 20.3 Å². The van der Waals surface area contributed by atoms with Crippen molar-refractivity contribution in [3.63, 3.8) is 0 Å². The van der Waals surface area contributed by atoms with Crippen molar-refractivity contribution in [1.29, 1.82) is 0 Å². The first kappa shape index (κ1) is 16.8. The average Bonchev–Trinajstić information content (AvgIpc) is 2.49. The van der Waals surface area contributed by atoms with Crippen LogP contribution in [-0.2, 0) is 6.42 Å². The quantitative estimate of drug-likeness (QED) is 0.803. The molecule has 2 aromatic rings. The molecule has 0 unspecified atom stereocenters. The predicted octanol–water partition coefficient (Wildman–Crippen LogP) is 3.32. The second-order valence-corrected chi connectivity index (χ2v) is 5.37. The fourth-order valence-electron chi connectivity index (χ4n) is 2.22. The maximum Gasteiger partial charge on any atom is 0.317 e. The zero-order chi connectivity index (χ0) is 16.7. The second kappa shape index (κ2) is 8.17. The normalized spacial score (nSPS) is 10.2. The van der Waals surface area contributed by atoms with Gasteiger partial charge in [0.1, 0.15) is 11.6 Å². The first-order valence-corrected chi connectivity index (χ1v) is 7.51. The van der Waals surface area contributed by atoms with E-state index < -0.39 is 0 Å². The molecule has 0 fully saturated rings. The van der Waals surface area contributed by atoms with E-state index in [2.05, 4.69) is 10.6 Å². The van der Waals surface area contributed by atoms with Crippen LogP contribution in [0.4, 0.5) is 9.18 Å². The minimum Gasteiger partial charge on any atom is -0.473 e. The minimum absolute atomic E-state index is 0.0930. The molecule has 0 heterocycles. The average molecular weight is 316 g/mol. The van der Waals surface area contributed by atoms with Gasteiger partial charge >= 0.3 is 6.03 Å². The lowest BCUT2D eigenvalue weighted by Crippen LogP contribution is -2.38. The van der Waals surface area contributed by atoms with Crippen molar-refractivity contribution in [2.24, 2.45) is 0 Å². The van der Waals surface area contributed by atoms with Gasteiger partial charge in [-0.2, -0.15) is 0 Å². The monoisotopic (exact) mass is 316 g/mol. The molecular formula is C18H21FN2O2. The highest BCUT2D eigenvalue weighted by atomic mass is 19.1. The second-order valence-electron chi connectivity index (χ2n) is 5.37. The molecule has 122 valence electrons. The van der Waals surface area contributed by atoms with Crippen molar-refractivity contribution in [3.05, 3.63) is 65.0 Å².